The van der Waals surface area contributed by atoms with Gasteiger partial charge in [0, 0.05) is 5.56 Å². The van der Waals surface area contributed by atoms with Gasteiger partial charge >= 0.3 is 7.94 Å². The Morgan fingerprint density at radius 2 is 1.03 bits per heavy atom. The monoisotopic (exact) mass is 523 g/mol. The summed E-state index contributed by atoms with van der Waals surface area (Å²) in [5, 5.41) is 0. The number of rotatable bonds is 19. The lowest BCUT2D eigenvalue weighted by atomic mass is 9.80. The van der Waals surface area contributed by atoms with Gasteiger partial charge in [-0.2, -0.15) is 9.79 Å². The summed E-state index contributed by atoms with van der Waals surface area (Å²) >= 11 is 0. The summed E-state index contributed by atoms with van der Waals surface area (Å²) in [6.45, 7) is 15.3. The van der Waals surface area contributed by atoms with Gasteiger partial charge in [-0.1, -0.05) is 150 Å². The molecule has 1 aromatic rings. The molecule has 0 unspecified atom stereocenters. The molecular formula is C32H60O3P+. The fraction of sp³-hybridized carbons (Fsp3) is 0.812. The maximum absolute atomic E-state index is 10.6. The van der Waals surface area contributed by atoms with Gasteiger partial charge in [-0.3, -0.25) is 4.52 Å². The van der Waals surface area contributed by atoms with Gasteiger partial charge in [-0.25, -0.2) is 0 Å². The first kappa shape index (κ1) is 33.4. The molecule has 0 spiro atoms. The normalized spacial score (nSPS) is 12.8. The quantitative estimate of drug-likeness (QED) is 0.140. The minimum atomic E-state index is -3.40. The fourth-order valence-electron chi connectivity index (χ4n) is 4.73. The zero-order valence-electron chi connectivity index (χ0n) is 25.0. The summed E-state index contributed by atoms with van der Waals surface area (Å²) in [4.78, 5) is 21.3. The van der Waals surface area contributed by atoms with Crippen LogP contribution in [-0.2, 0) is 10.8 Å². The number of hydrogen-bond acceptors (Lipinski definition) is 3. The van der Waals surface area contributed by atoms with Crippen molar-refractivity contribution in [1.29, 1.82) is 0 Å². The molecule has 0 heterocycles. The molecule has 0 bridgehead atoms. The second-order valence-corrected chi connectivity index (χ2v) is 15.0. The Kier molecular flexibility index (Phi) is 15.8. The van der Waals surface area contributed by atoms with Crippen molar-refractivity contribution in [2.75, 3.05) is 6.16 Å². The molecule has 0 saturated carbocycles. The van der Waals surface area contributed by atoms with Gasteiger partial charge in [0.25, 0.3) is 0 Å². The van der Waals surface area contributed by atoms with Gasteiger partial charge in [0.05, 0.1) is 0 Å². The van der Waals surface area contributed by atoms with Crippen molar-refractivity contribution in [3.8, 4) is 5.75 Å². The molecule has 4 heteroatoms. The van der Waals surface area contributed by atoms with E-state index in [1.165, 1.54) is 95.5 Å². The highest BCUT2D eigenvalue weighted by molar-refractivity contribution is 7.60. The van der Waals surface area contributed by atoms with E-state index in [2.05, 4.69) is 60.6 Å². The molecule has 1 aromatic carbocycles. The lowest BCUT2D eigenvalue weighted by Crippen LogP contribution is -2.18. The Morgan fingerprint density at radius 3 is 1.42 bits per heavy atom. The third-order valence-corrected chi connectivity index (χ3v) is 8.59. The molecule has 0 aromatic heterocycles. The maximum Gasteiger partial charge on any atom is 0.451 e. The Hall–Kier alpha value is -0.630. The molecule has 2 N–H and O–H groups in total. The second-order valence-electron chi connectivity index (χ2n) is 13.0. The average molecular weight is 524 g/mol. The van der Waals surface area contributed by atoms with E-state index in [0.29, 0.717) is 11.9 Å². The molecule has 0 aliphatic rings. The van der Waals surface area contributed by atoms with Crippen LogP contribution in [0.4, 0.5) is 0 Å². The van der Waals surface area contributed by atoms with Gasteiger partial charge in [0.15, 0.2) is 5.75 Å². The Bertz CT molecular complexity index is 700. The summed E-state index contributed by atoms with van der Waals surface area (Å²) < 4.78 is 5.87. The van der Waals surface area contributed by atoms with E-state index in [1.54, 1.807) is 0 Å². The third-order valence-electron chi connectivity index (χ3n) is 7.20. The third kappa shape index (κ3) is 14.9. The molecular weight excluding hydrogens is 463 g/mol. The Morgan fingerprint density at radius 1 is 0.611 bits per heavy atom. The van der Waals surface area contributed by atoms with Crippen molar-refractivity contribution in [3.63, 3.8) is 0 Å². The zero-order chi connectivity index (χ0) is 27.1. The van der Waals surface area contributed by atoms with Crippen LogP contribution in [0.2, 0.25) is 0 Å². The largest absolute Gasteiger partial charge is 0.451 e. The minimum absolute atomic E-state index is 0.0384. The van der Waals surface area contributed by atoms with Gasteiger partial charge in [-0.05, 0) is 35.3 Å². The number of unbranched alkanes of at least 4 members (excludes halogenated alkanes) is 15. The molecule has 0 saturated heterocycles. The zero-order valence-corrected chi connectivity index (χ0v) is 25.9. The van der Waals surface area contributed by atoms with Gasteiger partial charge in [0.1, 0.15) is 6.16 Å². The molecule has 0 fully saturated rings. The molecule has 0 aliphatic heterocycles. The summed E-state index contributed by atoms with van der Waals surface area (Å²) in [6, 6.07) is 6.15. The molecule has 3 nitrogen and oxygen atoms in total. The fourth-order valence-corrected chi connectivity index (χ4v) is 5.93. The van der Waals surface area contributed by atoms with Gasteiger partial charge < -0.3 is 0 Å². The second kappa shape index (κ2) is 17.1. The Balaban J connectivity index is 2.22. The van der Waals surface area contributed by atoms with E-state index in [-0.39, 0.29) is 10.8 Å². The number of hydrogen-bond donors (Lipinski definition) is 2. The van der Waals surface area contributed by atoms with Crippen LogP contribution < -0.4 is 4.52 Å². The SMILES string of the molecule is CCCCCCCCCCCCCCCCCC[P+](O)(O)Oc1ccc(C(C)(C)C)cc1C(C)(C)C. The first-order valence-electron chi connectivity index (χ1n) is 15.0. The van der Waals surface area contributed by atoms with Crippen molar-refractivity contribution < 1.29 is 14.3 Å². The lowest BCUT2D eigenvalue weighted by Gasteiger charge is -2.27. The highest BCUT2D eigenvalue weighted by atomic mass is 31.2. The standard InChI is InChI=1S/C32H60O3P/c1-8-9-10-11-12-13-14-15-16-17-18-19-20-21-22-23-26-36(33,34)35-30-25-24-28(31(2,3)4)27-29(30)32(5,6)7/h24-25,27,33-34H,8-23,26H2,1-7H3/q+1. The summed E-state index contributed by atoms with van der Waals surface area (Å²) in [5.41, 5.74) is 2.17. The summed E-state index contributed by atoms with van der Waals surface area (Å²) in [6.07, 6.45) is 21.3. The van der Waals surface area contributed by atoms with E-state index in [4.69, 9.17) is 4.52 Å². The minimum Gasteiger partial charge on any atom is -0.287 e. The topological polar surface area (TPSA) is 49.7 Å². The Labute approximate surface area is 225 Å². The summed E-state index contributed by atoms with van der Waals surface area (Å²) in [7, 11) is -3.40. The predicted molar refractivity (Wildman–Crippen MR) is 160 cm³/mol. The van der Waals surface area contributed by atoms with Crippen molar-refractivity contribution in [2.24, 2.45) is 0 Å². The van der Waals surface area contributed by atoms with E-state index in [1.807, 2.05) is 6.07 Å². The van der Waals surface area contributed by atoms with Crippen LogP contribution in [0.5, 0.6) is 5.75 Å². The molecule has 0 radical (unpaired) electrons. The molecule has 1 rings (SSSR count). The van der Waals surface area contributed by atoms with E-state index < -0.39 is 7.94 Å². The van der Waals surface area contributed by atoms with Crippen molar-refractivity contribution >= 4 is 7.94 Å². The molecule has 210 valence electrons. The van der Waals surface area contributed by atoms with Crippen LogP contribution in [0.3, 0.4) is 0 Å². The van der Waals surface area contributed by atoms with Crippen LogP contribution in [0.25, 0.3) is 0 Å². The van der Waals surface area contributed by atoms with E-state index >= 15 is 0 Å². The van der Waals surface area contributed by atoms with Gasteiger partial charge in [0.2, 0.25) is 0 Å². The smallest absolute Gasteiger partial charge is 0.287 e. The van der Waals surface area contributed by atoms with Crippen molar-refractivity contribution in [2.45, 2.75) is 162 Å². The van der Waals surface area contributed by atoms with Crippen LogP contribution in [0, 0.1) is 0 Å². The van der Waals surface area contributed by atoms with Crippen molar-refractivity contribution in [3.05, 3.63) is 29.3 Å². The van der Waals surface area contributed by atoms with Crippen LogP contribution >= 0.6 is 7.94 Å². The molecule has 36 heavy (non-hydrogen) atoms. The van der Waals surface area contributed by atoms with E-state index in [9.17, 15) is 9.79 Å². The lowest BCUT2D eigenvalue weighted by molar-refractivity contribution is 0.332. The van der Waals surface area contributed by atoms with Gasteiger partial charge in [-0.15, -0.1) is 0 Å². The predicted octanol–water partition coefficient (Wildman–Crippen LogP) is 10.7. The van der Waals surface area contributed by atoms with Crippen LogP contribution in [-0.4, -0.2) is 15.9 Å². The van der Waals surface area contributed by atoms with Crippen molar-refractivity contribution in [1.82, 2.24) is 0 Å². The average Bonchev–Trinajstić information content (AvgIpc) is 2.77. The van der Waals surface area contributed by atoms with Crippen LogP contribution in [0.1, 0.15) is 162 Å². The first-order valence-corrected chi connectivity index (χ1v) is 16.8. The first-order chi connectivity index (χ1) is 16.9. The number of benzene rings is 1. The molecule has 0 aliphatic carbocycles. The molecule has 0 amide bonds. The summed E-state index contributed by atoms with van der Waals surface area (Å²) in [5.74, 6) is 0.616. The van der Waals surface area contributed by atoms with Crippen LogP contribution in [0.15, 0.2) is 18.2 Å². The van der Waals surface area contributed by atoms with E-state index in [0.717, 1.165) is 18.4 Å². The highest BCUT2D eigenvalue weighted by Gasteiger charge is 2.38. The molecule has 0 atom stereocenters. The highest BCUT2D eigenvalue weighted by Crippen LogP contribution is 2.53. The maximum atomic E-state index is 10.6.